The fourth-order valence-corrected chi connectivity index (χ4v) is 0.224. The lowest BCUT2D eigenvalue weighted by molar-refractivity contribution is -0.402. The number of alkyl halides is 1. The van der Waals surface area contributed by atoms with Crippen molar-refractivity contribution < 1.29 is 9.31 Å². The second kappa shape index (κ2) is 4.23. The minimum atomic E-state index is -0.615. The summed E-state index contributed by atoms with van der Waals surface area (Å²) in [6, 6.07) is 0. The maximum absolute atomic E-state index is 11.2. The molecule has 3 nitrogen and oxygen atoms in total. The lowest BCUT2D eigenvalue weighted by atomic mass is 10.5. The van der Waals surface area contributed by atoms with Crippen LogP contribution >= 0.6 is 0 Å². The number of rotatable bonds is 3. The van der Waals surface area contributed by atoms with E-state index in [2.05, 4.69) is 0 Å². The van der Waals surface area contributed by atoms with Gasteiger partial charge in [-0.3, -0.25) is 14.5 Å². The van der Waals surface area contributed by atoms with E-state index in [0.717, 1.165) is 6.20 Å². The third-order valence-electron chi connectivity index (χ3n) is 0.503. The molecule has 0 saturated heterocycles. The molecule has 0 fully saturated rings. The van der Waals surface area contributed by atoms with Gasteiger partial charge in [0.25, 0.3) is 0 Å². The monoisotopic (exact) mass is 119 g/mol. The zero-order valence-electron chi connectivity index (χ0n) is 4.21. The average Bonchev–Trinajstić information content (AvgIpc) is 1.66. The van der Waals surface area contributed by atoms with Gasteiger partial charge in [0.05, 0.1) is 11.6 Å². The molecule has 0 atom stereocenters. The number of nitro groups is 1. The third kappa shape index (κ3) is 5.07. The van der Waals surface area contributed by atoms with Gasteiger partial charge >= 0.3 is 0 Å². The van der Waals surface area contributed by atoms with Crippen molar-refractivity contribution in [3.63, 3.8) is 0 Å². The average molecular weight is 119 g/mol. The van der Waals surface area contributed by atoms with E-state index in [1.54, 1.807) is 0 Å². The number of hydrogen-bond acceptors (Lipinski definition) is 2. The van der Waals surface area contributed by atoms with Gasteiger partial charge in [-0.1, -0.05) is 0 Å². The molecule has 0 unspecified atom stereocenters. The van der Waals surface area contributed by atoms with E-state index in [1.807, 2.05) is 0 Å². The van der Waals surface area contributed by atoms with Gasteiger partial charge in [-0.25, -0.2) is 0 Å². The van der Waals surface area contributed by atoms with Crippen LogP contribution in [-0.4, -0.2) is 11.6 Å². The summed E-state index contributed by atoms with van der Waals surface area (Å²) in [5.74, 6) is 0. The fourth-order valence-electron chi connectivity index (χ4n) is 0.224. The van der Waals surface area contributed by atoms with Crippen LogP contribution in [0.5, 0.6) is 0 Å². The van der Waals surface area contributed by atoms with Crippen LogP contribution in [0, 0.1) is 10.1 Å². The first-order valence-corrected chi connectivity index (χ1v) is 2.13. The van der Waals surface area contributed by atoms with Gasteiger partial charge in [0.2, 0.25) is 6.20 Å². The maximum Gasteiger partial charge on any atom is 0.230 e. The highest BCUT2D eigenvalue weighted by Gasteiger charge is 1.81. The van der Waals surface area contributed by atoms with Crippen LogP contribution < -0.4 is 0 Å². The van der Waals surface area contributed by atoms with E-state index in [4.69, 9.17) is 0 Å². The Hall–Kier alpha value is -0.930. The molecule has 0 spiro atoms. The Morgan fingerprint density at radius 3 is 2.75 bits per heavy atom. The molecule has 46 valence electrons. The van der Waals surface area contributed by atoms with Crippen LogP contribution in [-0.2, 0) is 0 Å². The van der Waals surface area contributed by atoms with E-state index in [-0.39, 0.29) is 6.42 Å². The van der Waals surface area contributed by atoms with Crippen molar-refractivity contribution >= 4 is 0 Å². The molecule has 0 aromatic rings. The normalized spacial score (nSPS) is 10.1. The molecule has 0 aliphatic rings. The van der Waals surface area contributed by atoms with Crippen LogP contribution in [0.4, 0.5) is 4.39 Å². The molecule has 0 rings (SSSR count). The first-order chi connectivity index (χ1) is 3.77. The Labute approximate surface area is 46.0 Å². The number of hydrogen-bond donors (Lipinski definition) is 0. The summed E-state index contributed by atoms with van der Waals surface area (Å²) in [6.45, 7) is -0.537. The minimum Gasteiger partial charge on any atom is -0.259 e. The molecule has 8 heavy (non-hydrogen) atoms. The molecule has 0 saturated carbocycles. The molecule has 0 amide bonds. The molecule has 0 bridgehead atoms. The van der Waals surface area contributed by atoms with Gasteiger partial charge < -0.3 is 0 Å². The summed E-state index contributed by atoms with van der Waals surface area (Å²) >= 11 is 0. The van der Waals surface area contributed by atoms with Crippen LogP contribution in [0.15, 0.2) is 12.3 Å². The number of allylic oxidation sites excluding steroid dienone is 1. The summed E-state index contributed by atoms with van der Waals surface area (Å²) in [5, 5.41) is 9.47. The maximum atomic E-state index is 11.2. The smallest absolute Gasteiger partial charge is 0.230 e. The zero-order valence-corrected chi connectivity index (χ0v) is 4.21. The van der Waals surface area contributed by atoms with Crippen molar-refractivity contribution in [1.82, 2.24) is 0 Å². The van der Waals surface area contributed by atoms with E-state index in [0.29, 0.717) is 0 Å². The fraction of sp³-hybridized carbons (Fsp3) is 0.500. The predicted octanol–water partition coefficient (Wildman–Crippen LogP) is 1.14. The number of halogens is 1. The van der Waals surface area contributed by atoms with Crippen molar-refractivity contribution in [1.29, 1.82) is 0 Å². The Bertz CT molecular complexity index is 102. The quantitative estimate of drug-likeness (QED) is 0.413. The Morgan fingerprint density at radius 2 is 2.38 bits per heavy atom. The van der Waals surface area contributed by atoms with Crippen molar-refractivity contribution in [2.75, 3.05) is 6.67 Å². The SMILES string of the molecule is O=[N+]([O-])/C=C/CCF. The van der Waals surface area contributed by atoms with Gasteiger partial charge in [-0.2, -0.15) is 0 Å². The Morgan fingerprint density at radius 1 is 1.75 bits per heavy atom. The predicted molar refractivity (Wildman–Crippen MR) is 26.7 cm³/mol. The molecule has 0 radical (unpaired) electrons. The van der Waals surface area contributed by atoms with Gasteiger partial charge in [0.1, 0.15) is 0 Å². The lowest BCUT2D eigenvalue weighted by Crippen LogP contribution is -1.82. The summed E-state index contributed by atoms with van der Waals surface area (Å²) in [5.41, 5.74) is 0. The summed E-state index contributed by atoms with van der Waals surface area (Å²) in [7, 11) is 0. The van der Waals surface area contributed by atoms with Crippen LogP contribution in [0.1, 0.15) is 6.42 Å². The largest absolute Gasteiger partial charge is 0.259 e. The van der Waals surface area contributed by atoms with Crippen molar-refractivity contribution in [3.05, 3.63) is 22.4 Å². The lowest BCUT2D eigenvalue weighted by Gasteiger charge is -1.76. The Balaban J connectivity index is 3.20. The second-order valence-electron chi connectivity index (χ2n) is 1.15. The summed E-state index contributed by atoms with van der Waals surface area (Å²) < 4.78 is 11.2. The topological polar surface area (TPSA) is 43.1 Å². The molecular formula is C4H6FNO2. The Kier molecular flexibility index (Phi) is 3.74. The van der Waals surface area contributed by atoms with Crippen molar-refractivity contribution in [2.24, 2.45) is 0 Å². The van der Waals surface area contributed by atoms with E-state index >= 15 is 0 Å². The number of nitrogens with zero attached hydrogens (tertiary/aromatic N) is 1. The minimum absolute atomic E-state index is 0.126. The van der Waals surface area contributed by atoms with Gasteiger partial charge in [0, 0.05) is 0 Å². The molecule has 4 heteroatoms. The molecule has 0 aliphatic heterocycles. The van der Waals surface area contributed by atoms with E-state index in [9.17, 15) is 14.5 Å². The highest BCUT2D eigenvalue weighted by Crippen LogP contribution is 1.82. The molecule has 0 heterocycles. The first kappa shape index (κ1) is 7.07. The highest BCUT2D eigenvalue weighted by molar-refractivity contribution is 4.70. The second-order valence-corrected chi connectivity index (χ2v) is 1.15. The highest BCUT2D eigenvalue weighted by atomic mass is 19.1. The van der Waals surface area contributed by atoms with Crippen LogP contribution in [0.25, 0.3) is 0 Å². The molecule has 0 aromatic carbocycles. The molecular weight excluding hydrogens is 113 g/mol. The third-order valence-corrected chi connectivity index (χ3v) is 0.503. The first-order valence-electron chi connectivity index (χ1n) is 2.13. The van der Waals surface area contributed by atoms with Crippen molar-refractivity contribution in [2.45, 2.75) is 6.42 Å². The van der Waals surface area contributed by atoms with Gasteiger partial charge in [0.15, 0.2) is 0 Å². The summed E-state index contributed by atoms with van der Waals surface area (Å²) in [6.07, 6.45) is 2.04. The van der Waals surface area contributed by atoms with Crippen LogP contribution in [0.2, 0.25) is 0 Å². The van der Waals surface area contributed by atoms with Gasteiger partial charge in [-0.15, -0.1) is 0 Å². The zero-order chi connectivity index (χ0) is 6.41. The van der Waals surface area contributed by atoms with Crippen LogP contribution in [0.3, 0.4) is 0 Å². The summed E-state index contributed by atoms with van der Waals surface area (Å²) in [4.78, 5) is 8.86. The van der Waals surface area contributed by atoms with E-state index < -0.39 is 11.6 Å². The van der Waals surface area contributed by atoms with Gasteiger partial charge in [-0.05, 0) is 12.5 Å². The molecule has 0 aliphatic carbocycles. The van der Waals surface area contributed by atoms with E-state index in [1.165, 1.54) is 6.08 Å². The van der Waals surface area contributed by atoms with Crippen molar-refractivity contribution in [3.8, 4) is 0 Å². The molecule has 0 N–H and O–H groups in total. The molecule has 0 aromatic heterocycles. The standard InChI is InChI=1S/C4H6FNO2/c5-3-1-2-4-6(7)8/h2,4H,1,3H2/b4-2+.